The van der Waals surface area contributed by atoms with Crippen LogP contribution in [0.2, 0.25) is 5.28 Å². The van der Waals surface area contributed by atoms with Crippen molar-refractivity contribution in [1.29, 1.82) is 0 Å². The van der Waals surface area contributed by atoms with E-state index < -0.39 is 0 Å². The van der Waals surface area contributed by atoms with Crippen LogP contribution in [0, 0.1) is 0 Å². The van der Waals surface area contributed by atoms with Crippen LogP contribution < -0.4 is 4.90 Å². The van der Waals surface area contributed by atoms with Gasteiger partial charge in [0.2, 0.25) is 5.28 Å². The number of likely N-dealkylation sites (N-methyl/N-ethyl adjacent to an activating group) is 1. The smallest absolute Gasteiger partial charge is 0.224 e. The number of pyridine rings is 1. The highest BCUT2D eigenvalue weighted by Crippen LogP contribution is 2.24. The van der Waals surface area contributed by atoms with Gasteiger partial charge in [0.05, 0.1) is 5.52 Å². The highest BCUT2D eigenvalue weighted by molar-refractivity contribution is 6.28. The zero-order chi connectivity index (χ0) is 14.7. The standard InChI is InChI=1S/C16H15ClN4/c1-21(11-9-12-6-4-5-10-18-12)15-13-7-2-3-8-14(13)19-16(17)20-15/h2-8,10H,9,11H2,1H3. The molecule has 0 radical (unpaired) electrons. The molecule has 3 rings (SSSR count). The summed E-state index contributed by atoms with van der Waals surface area (Å²) in [4.78, 5) is 15.1. The van der Waals surface area contributed by atoms with E-state index in [0.717, 1.165) is 35.4 Å². The van der Waals surface area contributed by atoms with E-state index in [1.54, 1.807) is 0 Å². The minimum absolute atomic E-state index is 0.272. The molecule has 5 heteroatoms. The minimum Gasteiger partial charge on any atom is -0.359 e. The predicted molar refractivity (Wildman–Crippen MR) is 85.8 cm³/mol. The van der Waals surface area contributed by atoms with E-state index in [2.05, 4.69) is 19.9 Å². The third-order valence-electron chi connectivity index (χ3n) is 3.35. The summed E-state index contributed by atoms with van der Waals surface area (Å²) < 4.78 is 0. The summed E-state index contributed by atoms with van der Waals surface area (Å²) >= 11 is 6.02. The topological polar surface area (TPSA) is 41.9 Å². The lowest BCUT2D eigenvalue weighted by atomic mass is 10.2. The van der Waals surface area contributed by atoms with Crippen molar-refractivity contribution in [3.63, 3.8) is 0 Å². The number of benzene rings is 1. The van der Waals surface area contributed by atoms with E-state index in [4.69, 9.17) is 11.6 Å². The monoisotopic (exact) mass is 298 g/mol. The van der Waals surface area contributed by atoms with E-state index in [9.17, 15) is 0 Å². The Morgan fingerprint density at radius 2 is 1.86 bits per heavy atom. The van der Waals surface area contributed by atoms with Gasteiger partial charge in [0, 0.05) is 37.3 Å². The van der Waals surface area contributed by atoms with Crippen molar-refractivity contribution in [3.05, 3.63) is 59.6 Å². The van der Waals surface area contributed by atoms with Crippen LogP contribution >= 0.6 is 11.6 Å². The first-order valence-corrected chi connectivity index (χ1v) is 7.15. The molecule has 0 atom stereocenters. The molecule has 0 unspecified atom stereocenters. The molecule has 0 amide bonds. The van der Waals surface area contributed by atoms with Gasteiger partial charge >= 0.3 is 0 Å². The van der Waals surface area contributed by atoms with Crippen LogP contribution in [0.15, 0.2) is 48.7 Å². The Bertz CT molecular complexity index is 746. The molecule has 0 N–H and O–H groups in total. The van der Waals surface area contributed by atoms with Gasteiger partial charge in [0.25, 0.3) is 0 Å². The van der Waals surface area contributed by atoms with Gasteiger partial charge in [-0.25, -0.2) is 4.98 Å². The minimum atomic E-state index is 0.272. The third kappa shape index (κ3) is 3.11. The second kappa shape index (κ2) is 6.06. The molecule has 2 aromatic heterocycles. The molecule has 0 fully saturated rings. The lowest BCUT2D eigenvalue weighted by Crippen LogP contribution is -2.22. The van der Waals surface area contributed by atoms with Gasteiger partial charge in [-0.2, -0.15) is 4.98 Å². The summed E-state index contributed by atoms with van der Waals surface area (Å²) in [6.45, 7) is 0.814. The van der Waals surface area contributed by atoms with E-state index in [1.807, 2.05) is 55.7 Å². The molecule has 0 spiro atoms. The first-order valence-electron chi connectivity index (χ1n) is 6.77. The van der Waals surface area contributed by atoms with Crippen molar-refractivity contribution >= 4 is 28.3 Å². The van der Waals surface area contributed by atoms with E-state index >= 15 is 0 Å². The summed E-state index contributed by atoms with van der Waals surface area (Å²) in [6, 6.07) is 13.8. The van der Waals surface area contributed by atoms with Crippen molar-refractivity contribution in [2.45, 2.75) is 6.42 Å². The second-order valence-corrected chi connectivity index (χ2v) is 5.16. The van der Waals surface area contributed by atoms with Gasteiger partial charge in [0.1, 0.15) is 5.82 Å². The van der Waals surface area contributed by atoms with E-state index in [0.29, 0.717) is 0 Å². The number of fused-ring (bicyclic) bond motifs is 1. The number of rotatable bonds is 4. The van der Waals surface area contributed by atoms with Crippen LogP contribution in [-0.2, 0) is 6.42 Å². The maximum atomic E-state index is 6.02. The average molecular weight is 299 g/mol. The summed E-state index contributed by atoms with van der Waals surface area (Å²) in [6.07, 6.45) is 2.67. The van der Waals surface area contributed by atoms with Gasteiger partial charge in [-0.3, -0.25) is 4.98 Å². The SMILES string of the molecule is CN(CCc1ccccn1)c1nc(Cl)nc2ccccc12. The number of anilines is 1. The predicted octanol–water partition coefficient (Wildman–Crippen LogP) is 3.36. The van der Waals surface area contributed by atoms with Crippen LogP contribution in [0.5, 0.6) is 0 Å². The van der Waals surface area contributed by atoms with E-state index in [-0.39, 0.29) is 5.28 Å². The molecule has 0 bridgehead atoms. The molecule has 1 aromatic carbocycles. The maximum Gasteiger partial charge on any atom is 0.224 e. The molecule has 21 heavy (non-hydrogen) atoms. The molecule has 0 aliphatic heterocycles. The van der Waals surface area contributed by atoms with Crippen LogP contribution in [0.3, 0.4) is 0 Å². The summed E-state index contributed by atoms with van der Waals surface area (Å²) in [5.41, 5.74) is 1.92. The van der Waals surface area contributed by atoms with Gasteiger partial charge in [-0.1, -0.05) is 18.2 Å². The van der Waals surface area contributed by atoms with E-state index in [1.165, 1.54) is 0 Å². The third-order valence-corrected chi connectivity index (χ3v) is 3.52. The zero-order valence-electron chi connectivity index (χ0n) is 11.7. The lowest BCUT2D eigenvalue weighted by Gasteiger charge is -2.19. The van der Waals surface area contributed by atoms with Crippen molar-refractivity contribution in [2.75, 3.05) is 18.5 Å². The molecular formula is C16H15ClN4. The quantitative estimate of drug-likeness (QED) is 0.693. The largest absolute Gasteiger partial charge is 0.359 e. The molecular weight excluding hydrogens is 284 g/mol. The highest BCUT2D eigenvalue weighted by atomic mass is 35.5. The van der Waals surface area contributed by atoms with Gasteiger partial charge in [-0.05, 0) is 35.9 Å². The zero-order valence-corrected chi connectivity index (χ0v) is 12.5. The van der Waals surface area contributed by atoms with Crippen LogP contribution in [0.25, 0.3) is 10.9 Å². The van der Waals surface area contributed by atoms with Crippen molar-refractivity contribution in [1.82, 2.24) is 15.0 Å². The fourth-order valence-electron chi connectivity index (χ4n) is 2.26. The summed E-state index contributed by atoms with van der Waals surface area (Å²) in [7, 11) is 2.01. The van der Waals surface area contributed by atoms with Crippen LogP contribution in [0.4, 0.5) is 5.82 Å². The highest BCUT2D eigenvalue weighted by Gasteiger charge is 2.10. The first-order chi connectivity index (χ1) is 10.2. The Morgan fingerprint density at radius 1 is 1.05 bits per heavy atom. The molecule has 3 aromatic rings. The number of halogens is 1. The number of hydrogen-bond acceptors (Lipinski definition) is 4. The Balaban J connectivity index is 1.86. The summed E-state index contributed by atoms with van der Waals surface area (Å²) in [5.74, 6) is 0.849. The van der Waals surface area contributed by atoms with Gasteiger partial charge < -0.3 is 4.90 Å². The van der Waals surface area contributed by atoms with Crippen LogP contribution in [0.1, 0.15) is 5.69 Å². The number of para-hydroxylation sites is 1. The van der Waals surface area contributed by atoms with Crippen molar-refractivity contribution in [2.24, 2.45) is 0 Å². The van der Waals surface area contributed by atoms with Crippen molar-refractivity contribution < 1.29 is 0 Å². The molecule has 4 nitrogen and oxygen atoms in total. The molecule has 0 saturated heterocycles. The molecule has 0 aliphatic carbocycles. The fraction of sp³-hybridized carbons (Fsp3) is 0.188. The Labute approximate surface area is 128 Å². The molecule has 106 valence electrons. The Kier molecular flexibility index (Phi) is 3.97. The lowest BCUT2D eigenvalue weighted by molar-refractivity contribution is 0.841. The summed E-state index contributed by atoms with van der Waals surface area (Å²) in [5, 5.41) is 1.28. The Hall–Kier alpha value is -2.20. The van der Waals surface area contributed by atoms with Crippen molar-refractivity contribution in [3.8, 4) is 0 Å². The maximum absolute atomic E-state index is 6.02. The average Bonchev–Trinajstić information content (AvgIpc) is 2.52. The normalized spacial score (nSPS) is 10.8. The van der Waals surface area contributed by atoms with Gasteiger partial charge in [0.15, 0.2) is 0 Å². The first kappa shape index (κ1) is 13.8. The fourth-order valence-corrected chi connectivity index (χ4v) is 2.43. The number of hydrogen-bond donors (Lipinski definition) is 0. The number of aromatic nitrogens is 3. The number of nitrogens with zero attached hydrogens (tertiary/aromatic N) is 4. The second-order valence-electron chi connectivity index (χ2n) is 4.83. The van der Waals surface area contributed by atoms with Crippen LogP contribution in [-0.4, -0.2) is 28.5 Å². The Morgan fingerprint density at radius 3 is 2.67 bits per heavy atom. The molecule has 2 heterocycles. The molecule has 0 aliphatic rings. The molecule has 0 saturated carbocycles. The van der Waals surface area contributed by atoms with Gasteiger partial charge in [-0.15, -0.1) is 0 Å².